The first-order valence-electron chi connectivity index (χ1n) is 5.70. The van der Waals surface area contributed by atoms with Crippen molar-refractivity contribution in [3.63, 3.8) is 0 Å². The van der Waals surface area contributed by atoms with Gasteiger partial charge in [0, 0.05) is 20.8 Å². The molecule has 4 unspecified atom stereocenters. The largest absolute Gasteiger partial charge is 0.463 e. The summed E-state index contributed by atoms with van der Waals surface area (Å²) in [6.45, 7) is 3.51. The molecule has 1 aliphatic rings. The van der Waals surface area contributed by atoms with Crippen LogP contribution >= 0.6 is 0 Å². The zero-order valence-corrected chi connectivity index (χ0v) is 11.0. The van der Waals surface area contributed by atoms with Crippen LogP contribution in [-0.2, 0) is 33.3 Å². The molecule has 0 spiro atoms. The van der Waals surface area contributed by atoms with Crippen LogP contribution in [0.1, 0.15) is 20.8 Å². The lowest BCUT2D eigenvalue weighted by molar-refractivity contribution is -0.165. The van der Waals surface area contributed by atoms with Crippen LogP contribution in [0.2, 0.25) is 0 Å². The third kappa shape index (κ3) is 4.49. The van der Waals surface area contributed by atoms with Gasteiger partial charge < -0.3 is 24.7 Å². The first-order chi connectivity index (χ1) is 8.81. The molecule has 8 nitrogen and oxygen atoms in total. The van der Waals surface area contributed by atoms with Crippen LogP contribution in [0.3, 0.4) is 0 Å². The van der Waals surface area contributed by atoms with Crippen molar-refractivity contribution in [2.75, 3.05) is 6.61 Å². The smallest absolute Gasteiger partial charge is 0.303 e. The molecule has 0 aromatic rings. The third-order valence-electron chi connectivity index (χ3n) is 2.40. The van der Waals surface area contributed by atoms with E-state index in [9.17, 15) is 14.4 Å². The van der Waals surface area contributed by atoms with Crippen LogP contribution in [-0.4, -0.2) is 49.1 Å². The minimum atomic E-state index is -0.950. The van der Waals surface area contributed by atoms with Crippen LogP contribution in [0.5, 0.6) is 0 Å². The summed E-state index contributed by atoms with van der Waals surface area (Å²) in [5, 5.41) is 0. The van der Waals surface area contributed by atoms with Gasteiger partial charge in [-0.2, -0.15) is 0 Å². The molecule has 0 radical (unpaired) electrons. The molecule has 1 aliphatic heterocycles. The van der Waals surface area contributed by atoms with E-state index >= 15 is 0 Å². The number of esters is 3. The number of rotatable bonds is 4. The van der Waals surface area contributed by atoms with Crippen molar-refractivity contribution in [2.45, 2.75) is 45.3 Å². The predicted octanol–water partition coefficient (Wildman–Crippen LogP) is -0.903. The summed E-state index contributed by atoms with van der Waals surface area (Å²) in [6.07, 6.45) is -3.56. The molecule has 0 amide bonds. The maximum atomic E-state index is 11.1. The van der Waals surface area contributed by atoms with E-state index < -0.39 is 42.4 Å². The molecule has 0 aliphatic carbocycles. The Kier molecular flexibility index (Phi) is 5.25. The molecule has 4 atom stereocenters. The van der Waals surface area contributed by atoms with Gasteiger partial charge in [-0.05, 0) is 0 Å². The number of carbonyl (C=O) groups is 3. The molecule has 1 heterocycles. The van der Waals surface area contributed by atoms with Gasteiger partial charge in [-0.25, -0.2) is 0 Å². The van der Waals surface area contributed by atoms with Crippen molar-refractivity contribution < 1.29 is 33.3 Å². The molecule has 1 rings (SSSR count). The summed E-state index contributed by atoms with van der Waals surface area (Å²) < 4.78 is 20.1. The van der Waals surface area contributed by atoms with E-state index in [2.05, 4.69) is 0 Å². The van der Waals surface area contributed by atoms with E-state index in [1.54, 1.807) is 0 Å². The fourth-order valence-corrected chi connectivity index (χ4v) is 1.75. The maximum absolute atomic E-state index is 11.1. The van der Waals surface area contributed by atoms with Gasteiger partial charge in [-0.15, -0.1) is 0 Å². The van der Waals surface area contributed by atoms with Crippen molar-refractivity contribution in [3.8, 4) is 0 Å². The lowest BCUT2D eigenvalue weighted by atomic mass is 10.1. The standard InChI is InChI=1S/C11H17NO7/c1-5(13)16-4-8-9(17-6(2)14)10(11(12)19-8)18-7(3)15/h8-11H,4,12H2,1-3H3. The van der Waals surface area contributed by atoms with Crippen molar-refractivity contribution in [1.82, 2.24) is 0 Å². The van der Waals surface area contributed by atoms with Gasteiger partial charge in [0.2, 0.25) is 0 Å². The van der Waals surface area contributed by atoms with Crippen LogP contribution in [0.25, 0.3) is 0 Å². The SMILES string of the molecule is CC(=O)OCC1OC(N)C(OC(C)=O)C1OC(C)=O. The highest BCUT2D eigenvalue weighted by atomic mass is 16.7. The van der Waals surface area contributed by atoms with Crippen LogP contribution in [0, 0.1) is 0 Å². The van der Waals surface area contributed by atoms with E-state index in [-0.39, 0.29) is 6.61 Å². The Bertz CT molecular complexity index is 370. The van der Waals surface area contributed by atoms with Crippen molar-refractivity contribution in [3.05, 3.63) is 0 Å². The second-order valence-electron chi connectivity index (χ2n) is 4.09. The number of hydrogen-bond donors (Lipinski definition) is 1. The highest BCUT2D eigenvalue weighted by molar-refractivity contribution is 5.67. The van der Waals surface area contributed by atoms with Gasteiger partial charge in [0.25, 0.3) is 0 Å². The lowest BCUT2D eigenvalue weighted by Crippen LogP contribution is -2.43. The Morgan fingerprint density at radius 3 is 2.00 bits per heavy atom. The van der Waals surface area contributed by atoms with Gasteiger partial charge in [0.1, 0.15) is 18.9 Å². The molecular formula is C11H17NO7. The third-order valence-corrected chi connectivity index (χ3v) is 2.40. The first-order valence-corrected chi connectivity index (χ1v) is 5.70. The Morgan fingerprint density at radius 1 is 1.00 bits per heavy atom. The second-order valence-corrected chi connectivity index (χ2v) is 4.09. The number of hydrogen-bond acceptors (Lipinski definition) is 8. The predicted molar refractivity (Wildman–Crippen MR) is 60.6 cm³/mol. The molecular weight excluding hydrogens is 258 g/mol. The maximum Gasteiger partial charge on any atom is 0.303 e. The van der Waals surface area contributed by atoms with Crippen molar-refractivity contribution in [2.24, 2.45) is 5.73 Å². The molecule has 0 aromatic carbocycles. The Hall–Kier alpha value is -1.67. The fourth-order valence-electron chi connectivity index (χ4n) is 1.75. The summed E-state index contributed by atoms with van der Waals surface area (Å²) in [5.74, 6) is -1.66. The van der Waals surface area contributed by atoms with E-state index in [4.69, 9.17) is 24.7 Å². The van der Waals surface area contributed by atoms with E-state index in [1.807, 2.05) is 0 Å². The van der Waals surface area contributed by atoms with Gasteiger partial charge in [0.15, 0.2) is 12.2 Å². The number of carbonyl (C=O) groups excluding carboxylic acids is 3. The highest BCUT2D eigenvalue weighted by Crippen LogP contribution is 2.25. The molecule has 1 saturated heterocycles. The summed E-state index contributed by atoms with van der Waals surface area (Å²) >= 11 is 0. The lowest BCUT2D eigenvalue weighted by Gasteiger charge is -2.22. The summed E-state index contributed by atoms with van der Waals surface area (Å²) in [5.41, 5.74) is 5.66. The van der Waals surface area contributed by atoms with E-state index in [1.165, 1.54) is 20.8 Å². The zero-order valence-electron chi connectivity index (χ0n) is 11.0. The zero-order chi connectivity index (χ0) is 14.6. The average Bonchev–Trinajstić information content (AvgIpc) is 2.53. The molecule has 2 N–H and O–H groups in total. The Morgan fingerprint density at radius 2 is 1.53 bits per heavy atom. The summed E-state index contributed by atoms with van der Waals surface area (Å²) in [7, 11) is 0. The normalized spacial score (nSPS) is 29.7. The van der Waals surface area contributed by atoms with Crippen molar-refractivity contribution >= 4 is 17.9 Å². The van der Waals surface area contributed by atoms with E-state index in [0.29, 0.717) is 0 Å². The van der Waals surface area contributed by atoms with Crippen molar-refractivity contribution in [1.29, 1.82) is 0 Å². The molecule has 19 heavy (non-hydrogen) atoms. The van der Waals surface area contributed by atoms with Crippen LogP contribution in [0.4, 0.5) is 0 Å². The quantitative estimate of drug-likeness (QED) is 0.518. The molecule has 108 valence electrons. The highest BCUT2D eigenvalue weighted by Gasteiger charge is 2.48. The first kappa shape index (κ1) is 15.4. The molecule has 0 bridgehead atoms. The molecule has 0 saturated carbocycles. The number of ether oxygens (including phenoxy) is 4. The second kappa shape index (κ2) is 6.48. The Balaban J connectivity index is 2.76. The average molecular weight is 275 g/mol. The van der Waals surface area contributed by atoms with Gasteiger partial charge in [-0.1, -0.05) is 0 Å². The van der Waals surface area contributed by atoms with Gasteiger partial charge in [0.05, 0.1) is 0 Å². The minimum absolute atomic E-state index is 0.140. The molecule has 8 heteroatoms. The monoisotopic (exact) mass is 275 g/mol. The van der Waals surface area contributed by atoms with Crippen LogP contribution in [0.15, 0.2) is 0 Å². The fraction of sp³-hybridized carbons (Fsp3) is 0.727. The van der Waals surface area contributed by atoms with Gasteiger partial charge >= 0.3 is 17.9 Å². The summed E-state index contributed by atoms with van der Waals surface area (Å²) in [6, 6.07) is 0. The van der Waals surface area contributed by atoms with Crippen LogP contribution < -0.4 is 5.73 Å². The minimum Gasteiger partial charge on any atom is -0.463 e. The summed E-state index contributed by atoms with van der Waals surface area (Å²) in [4.78, 5) is 32.8. The Labute approximate surface area is 110 Å². The van der Waals surface area contributed by atoms with E-state index in [0.717, 1.165) is 0 Å². The number of nitrogens with two attached hydrogens (primary N) is 1. The van der Waals surface area contributed by atoms with Gasteiger partial charge in [-0.3, -0.25) is 14.4 Å². The molecule has 1 fully saturated rings. The topological polar surface area (TPSA) is 114 Å². The molecule has 0 aromatic heterocycles.